The fraction of sp³-hybridized carbons (Fsp3) is 0.625. The number of pyridine rings is 1. The Morgan fingerprint density at radius 2 is 1.85 bits per heavy atom. The molecule has 3 aliphatic rings. The molecule has 1 saturated carbocycles. The molecule has 14 nitrogen and oxygen atoms in total. The third-order valence-corrected chi connectivity index (χ3v) is 10.6. The molecule has 2 aromatic rings. The van der Waals surface area contributed by atoms with Crippen LogP contribution < -0.4 is 16.4 Å². The van der Waals surface area contributed by atoms with E-state index < -0.39 is 58.7 Å². The molecule has 2 aliphatic heterocycles. The summed E-state index contributed by atoms with van der Waals surface area (Å²) in [5.74, 6) is -2.23. The van der Waals surface area contributed by atoms with E-state index in [0.717, 1.165) is 32.1 Å². The molecule has 5 N–H and O–H groups in total. The van der Waals surface area contributed by atoms with Crippen LogP contribution in [0.15, 0.2) is 30.6 Å². The molecule has 2 saturated heterocycles. The number of aliphatic hydroxyl groups is 1. The van der Waals surface area contributed by atoms with Crippen LogP contribution in [0.2, 0.25) is 0 Å². The third kappa shape index (κ3) is 7.83. The van der Waals surface area contributed by atoms with Gasteiger partial charge in [-0.05, 0) is 62.7 Å². The number of rotatable bonds is 11. The summed E-state index contributed by atoms with van der Waals surface area (Å²) in [5.41, 5.74) is 3.22. The SMILES string of the molecule is CC(C)(O)c1cnnn1[C@H]1C[C@@H](C(=O)NC2(C(=O)C(N)=O)CCSCC2)N(C(=O)C(CC2CCCCC2)NC(=O)c2ccccn2)C1. The van der Waals surface area contributed by atoms with Crippen LogP contribution in [0, 0.1) is 5.92 Å². The summed E-state index contributed by atoms with van der Waals surface area (Å²) in [6.45, 7) is 3.23. The Morgan fingerprint density at radius 3 is 2.49 bits per heavy atom. The number of Topliss-reactive ketones (excluding diaryl/α,β-unsaturated/α-hetero) is 1. The van der Waals surface area contributed by atoms with Crippen molar-refractivity contribution in [2.45, 2.75) is 101 Å². The quantitative estimate of drug-likeness (QED) is 0.252. The van der Waals surface area contributed by atoms with Gasteiger partial charge in [-0.25, -0.2) is 4.68 Å². The smallest absolute Gasteiger partial charge is 0.287 e. The Morgan fingerprint density at radius 1 is 1.13 bits per heavy atom. The Hall–Kier alpha value is -3.85. The van der Waals surface area contributed by atoms with E-state index in [9.17, 15) is 29.1 Å². The van der Waals surface area contributed by atoms with Crippen molar-refractivity contribution in [2.24, 2.45) is 11.7 Å². The second-order valence-corrected chi connectivity index (χ2v) is 14.6. The fourth-order valence-corrected chi connectivity index (χ4v) is 8.22. The molecule has 15 heteroatoms. The molecule has 0 bridgehead atoms. The number of nitrogens with one attached hydrogen (secondary N) is 2. The standard InChI is InChI=1S/C32H44N8O6S/c1-31(2,46)25-18-35-38-40(25)21-17-24(29(44)37-32(26(41)27(33)42)11-14-47-15-12-32)39(19-21)30(45)23(16-20-8-4-3-5-9-20)36-28(43)22-10-6-7-13-34-22/h6-7,10,13,18,20-21,23-24,46H,3-5,8-9,11-12,14-17,19H2,1-2H3,(H2,33,42)(H,36,43)(H,37,44)/t21-,23?,24-/m0/s1. The van der Waals surface area contributed by atoms with Crippen molar-refractivity contribution in [2.75, 3.05) is 18.1 Å². The number of hydrogen-bond acceptors (Lipinski definition) is 10. The first-order chi connectivity index (χ1) is 22.4. The fourth-order valence-electron chi connectivity index (χ4n) is 7.03. The van der Waals surface area contributed by atoms with Crippen LogP contribution >= 0.6 is 11.8 Å². The summed E-state index contributed by atoms with van der Waals surface area (Å²) in [5, 5.41) is 24.8. The van der Waals surface area contributed by atoms with Gasteiger partial charge in [-0.3, -0.25) is 29.0 Å². The van der Waals surface area contributed by atoms with Gasteiger partial charge in [0.15, 0.2) is 0 Å². The number of thioether (sulfide) groups is 1. The molecular weight excluding hydrogens is 624 g/mol. The molecule has 1 unspecified atom stereocenters. The monoisotopic (exact) mass is 668 g/mol. The van der Waals surface area contributed by atoms with Crippen molar-refractivity contribution < 1.29 is 29.1 Å². The van der Waals surface area contributed by atoms with E-state index in [1.54, 1.807) is 43.8 Å². The average Bonchev–Trinajstić information content (AvgIpc) is 3.73. The van der Waals surface area contributed by atoms with Gasteiger partial charge in [0.1, 0.15) is 28.9 Å². The first kappa shape index (κ1) is 34.5. The number of carbonyl (C=O) groups is 5. The van der Waals surface area contributed by atoms with Crippen LogP contribution in [0.4, 0.5) is 0 Å². The van der Waals surface area contributed by atoms with Crippen LogP contribution in [0.3, 0.4) is 0 Å². The van der Waals surface area contributed by atoms with Gasteiger partial charge >= 0.3 is 0 Å². The number of ketones is 1. The zero-order valence-electron chi connectivity index (χ0n) is 26.9. The average molecular weight is 669 g/mol. The topological polar surface area (TPSA) is 202 Å². The highest BCUT2D eigenvalue weighted by atomic mass is 32.2. The second kappa shape index (κ2) is 14.5. The van der Waals surface area contributed by atoms with Crippen LogP contribution in [-0.4, -0.2) is 95.1 Å². The van der Waals surface area contributed by atoms with Crippen molar-refractivity contribution >= 4 is 41.2 Å². The number of nitrogens with two attached hydrogens (primary N) is 1. The van der Waals surface area contributed by atoms with Crippen molar-refractivity contribution in [3.63, 3.8) is 0 Å². The van der Waals surface area contributed by atoms with Gasteiger partial charge in [-0.1, -0.05) is 43.4 Å². The number of aromatic nitrogens is 4. The Kier molecular flexibility index (Phi) is 10.6. The lowest BCUT2D eigenvalue weighted by molar-refractivity contribution is -0.145. The lowest BCUT2D eigenvalue weighted by atomic mass is 9.84. The number of likely N-dealkylation sites (tertiary alicyclic amines) is 1. The lowest BCUT2D eigenvalue weighted by Crippen LogP contribution is -2.63. The van der Waals surface area contributed by atoms with Crippen molar-refractivity contribution in [1.29, 1.82) is 0 Å². The number of nitrogens with zero attached hydrogens (tertiary/aromatic N) is 5. The van der Waals surface area contributed by atoms with Gasteiger partial charge in [0.2, 0.25) is 17.6 Å². The Balaban J connectivity index is 1.48. The summed E-state index contributed by atoms with van der Waals surface area (Å²) >= 11 is 1.61. The van der Waals surface area contributed by atoms with Crippen LogP contribution in [0.5, 0.6) is 0 Å². The molecule has 1 aliphatic carbocycles. The van der Waals surface area contributed by atoms with Gasteiger partial charge in [-0.2, -0.15) is 11.8 Å². The van der Waals surface area contributed by atoms with Gasteiger partial charge < -0.3 is 26.4 Å². The molecule has 47 heavy (non-hydrogen) atoms. The summed E-state index contributed by atoms with van der Waals surface area (Å²) in [6.07, 6.45) is 8.96. The molecular formula is C32H44N8O6S. The molecule has 4 heterocycles. The molecule has 3 atom stereocenters. The highest BCUT2D eigenvalue weighted by Gasteiger charge is 2.49. The molecule has 0 radical (unpaired) electrons. The summed E-state index contributed by atoms with van der Waals surface area (Å²) < 4.78 is 1.53. The molecule has 3 fully saturated rings. The van der Waals surface area contributed by atoms with E-state index in [4.69, 9.17) is 5.73 Å². The maximum Gasteiger partial charge on any atom is 0.287 e. The first-order valence-electron chi connectivity index (χ1n) is 16.3. The minimum atomic E-state index is -1.47. The third-order valence-electron chi connectivity index (χ3n) is 9.57. The van der Waals surface area contributed by atoms with Gasteiger partial charge in [0.05, 0.1) is 17.9 Å². The number of primary amides is 1. The van der Waals surface area contributed by atoms with E-state index in [2.05, 4.69) is 25.9 Å². The first-order valence-corrected chi connectivity index (χ1v) is 17.4. The van der Waals surface area contributed by atoms with Gasteiger partial charge in [0.25, 0.3) is 11.8 Å². The maximum absolute atomic E-state index is 14.6. The van der Waals surface area contributed by atoms with E-state index >= 15 is 0 Å². The molecule has 254 valence electrons. The van der Waals surface area contributed by atoms with Crippen LogP contribution in [-0.2, 0) is 24.8 Å². The van der Waals surface area contributed by atoms with E-state index in [1.807, 2.05) is 0 Å². The molecule has 5 rings (SSSR count). The predicted octanol–water partition coefficient (Wildman–Crippen LogP) is 1.25. The molecule has 2 aromatic heterocycles. The Labute approximate surface area is 278 Å². The van der Waals surface area contributed by atoms with Crippen LogP contribution in [0.25, 0.3) is 0 Å². The normalized spacial score (nSPS) is 22.3. The second-order valence-electron chi connectivity index (χ2n) is 13.4. The van der Waals surface area contributed by atoms with Gasteiger partial charge in [0, 0.05) is 19.2 Å². The zero-order chi connectivity index (χ0) is 33.8. The summed E-state index contributed by atoms with van der Waals surface area (Å²) in [7, 11) is 0. The predicted molar refractivity (Wildman–Crippen MR) is 173 cm³/mol. The maximum atomic E-state index is 14.6. The molecule has 0 aromatic carbocycles. The van der Waals surface area contributed by atoms with Gasteiger partial charge in [-0.15, -0.1) is 5.10 Å². The van der Waals surface area contributed by atoms with Crippen molar-refractivity contribution in [1.82, 2.24) is 35.5 Å². The van der Waals surface area contributed by atoms with Crippen molar-refractivity contribution in [3.05, 3.63) is 42.0 Å². The number of carbonyl (C=O) groups excluding carboxylic acids is 5. The molecule has 4 amide bonds. The highest BCUT2D eigenvalue weighted by molar-refractivity contribution is 7.99. The van der Waals surface area contributed by atoms with E-state index in [1.165, 1.54) is 22.0 Å². The van der Waals surface area contributed by atoms with E-state index in [0.29, 0.717) is 23.6 Å². The summed E-state index contributed by atoms with van der Waals surface area (Å²) in [4.78, 5) is 72.9. The van der Waals surface area contributed by atoms with E-state index in [-0.39, 0.29) is 37.4 Å². The van der Waals surface area contributed by atoms with Crippen molar-refractivity contribution in [3.8, 4) is 0 Å². The number of amides is 4. The molecule has 0 spiro atoms. The minimum Gasteiger partial charge on any atom is -0.384 e. The summed E-state index contributed by atoms with van der Waals surface area (Å²) in [6, 6.07) is 2.39. The lowest BCUT2D eigenvalue weighted by Gasteiger charge is -2.37. The largest absolute Gasteiger partial charge is 0.384 e. The van der Waals surface area contributed by atoms with Crippen LogP contribution in [0.1, 0.15) is 93.9 Å². The number of hydrogen-bond donors (Lipinski definition) is 4. The minimum absolute atomic E-state index is 0.0383. The highest BCUT2D eigenvalue weighted by Crippen LogP contribution is 2.35. The zero-order valence-corrected chi connectivity index (χ0v) is 27.7. The Bertz CT molecular complexity index is 1470.